The fraction of sp³-hybridized carbons (Fsp3) is 0.231. The summed E-state index contributed by atoms with van der Waals surface area (Å²) < 4.78 is 0. The molecule has 0 radical (unpaired) electrons. The molecule has 0 bridgehead atoms. The molecule has 2 rings (SSSR count). The van der Waals surface area contributed by atoms with Crippen LogP contribution in [0.25, 0.3) is 11.1 Å². The van der Waals surface area contributed by atoms with E-state index >= 15 is 0 Å². The Morgan fingerprint density at radius 2 is 2.00 bits per heavy atom. The van der Waals surface area contributed by atoms with Gasteiger partial charge in [0, 0.05) is 35.9 Å². The van der Waals surface area contributed by atoms with E-state index in [0.29, 0.717) is 0 Å². The summed E-state index contributed by atoms with van der Waals surface area (Å²) in [6.45, 7) is 4.29. The minimum absolute atomic E-state index is 1.02. The lowest BCUT2D eigenvalue weighted by Crippen LogP contribution is -1.92. The van der Waals surface area contributed by atoms with E-state index in [4.69, 9.17) is 0 Å². The predicted octanol–water partition coefficient (Wildman–Crippen LogP) is 3.01. The molecular formula is C13H14N2. The molecule has 15 heavy (non-hydrogen) atoms. The van der Waals surface area contributed by atoms with Gasteiger partial charge in [-0.25, -0.2) is 0 Å². The molecule has 0 unspecified atom stereocenters. The number of nitrogens with zero attached hydrogens (tertiary/aromatic N) is 2. The maximum absolute atomic E-state index is 4.26. The van der Waals surface area contributed by atoms with Crippen LogP contribution >= 0.6 is 0 Å². The van der Waals surface area contributed by atoms with Crippen molar-refractivity contribution < 1.29 is 0 Å². The molecule has 2 heterocycles. The van der Waals surface area contributed by atoms with Crippen molar-refractivity contribution >= 4 is 0 Å². The number of aromatic nitrogens is 2. The van der Waals surface area contributed by atoms with Crippen molar-refractivity contribution in [3.8, 4) is 11.1 Å². The minimum Gasteiger partial charge on any atom is -0.264 e. The van der Waals surface area contributed by atoms with E-state index in [9.17, 15) is 0 Å². The van der Waals surface area contributed by atoms with Crippen LogP contribution in [-0.2, 0) is 6.42 Å². The van der Waals surface area contributed by atoms with Crippen molar-refractivity contribution in [3.63, 3.8) is 0 Å². The van der Waals surface area contributed by atoms with Crippen LogP contribution in [0, 0.1) is 6.92 Å². The molecule has 2 aromatic heterocycles. The second kappa shape index (κ2) is 4.22. The van der Waals surface area contributed by atoms with E-state index in [1.54, 1.807) is 6.20 Å². The molecule has 2 aromatic rings. The summed E-state index contributed by atoms with van der Waals surface area (Å²) in [5.41, 5.74) is 4.93. The van der Waals surface area contributed by atoms with E-state index < -0.39 is 0 Å². The Bertz CT molecular complexity index is 449. The first kappa shape index (κ1) is 9.84. The Hall–Kier alpha value is -1.70. The predicted molar refractivity (Wildman–Crippen MR) is 61.6 cm³/mol. The second-order valence-corrected chi connectivity index (χ2v) is 3.57. The van der Waals surface area contributed by atoms with Crippen LogP contribution in [0.15, 0.2) is 36.9 Å². The summed E-state index contributed by atoms with van der Waals surface area (Å²) in [4.78, 5) is 8.39. The van der Waals surface area contributed by atoms with Gasteiger partial charge in [-0.3, -0.25) is 9.97 Å². The third-order valence-electron chi connectivity index (χ3n) is 2.67. The first-order valence-electron chi connectivity index (χ1n) is 5.16. The quantitative estimate of drug-likeness (QED) is 0.741. The summed E-state index contributed by atoms with van der Waals surface area (Å²) in [5.74, 6) is 0. The third-order valence-corrected chi connectivity index (χ3v) is 2.67. The average molecular weight is 198 g/mol. The van der Waals surface area contributed by atoms with E-state index in [2.05, 4.69) is 29.9 Å². The zero-order valence-electron chi connectivity index (χ0n) is 9.07. The van der Waals surface area contributed by atoms with Crippen molar-refractivity contribution in [1.29, 1.82) is 0 Å². The normalized spacial score (nSPS) is 10.3. The van der Waals surface area contributed by atoms with Crippen LogP contribution in [0.2, 0.25) is 0 Å². The van der Waals surface area contributed by atoms with Gasteiger partial charge in [0.15, 0.2) is 0 Å². The Labute approximate surface area is 90.0 Å². The lowest BCUT2D eigenvalue weighted by Gasteiger charge is -2.08. The lowest BCUT2D eigenvalue weighted by molar-refractivity contribution is 1.07. The molecule has 0 N–H and O–H groups in total. The molecule has 76 valence electrons. The number of hydrogen-bond acceptors (Lipinski definition) is 2. The van der Waals surface area contributed by atoms with Gasteiger partial charge in [0.2, 0.25) is 0 Å². The molecule has 0 aliphatic heterocycles. The summed E-state index contributed by atoms with van der Waals surface area (Å²) >= 11 is 0. The molecule has 0 saturated heterocycles. The van der Waals surface area contributed by atoms with Gasteiger partial charge < -0.3 is 0 Å². The summed E-state index contributed by atoms with van der Waals surface area (Å²) in [5, 5.41) is 0. The molecule has 0 fully saturated rings. The number of rotatable bonds is 2. The highest BCUT2D eigenvalue weighted by Crippen LogP contribution is 2.23. The zero-order chi connectivity index (χ0) is 10.7. The molecule has 2 nitrogen and oxygen atoms in total. The van der Waals surface area contributed by atoms with Crippen LogP contribution in [0.4, 0.5) is 0 Å². The first-order chi connectivity index (χ1) is 7.33. The molecule has 0 atom stereocenters. The number of pyridine rings is 2. The molecule has 2 heteroatoms. The number of hydrogen-bond donors (Lipinski definition) is 0. The topological polar surface area (TPSA) is 25.8 Å². The van der Waals surface area contributed by atoms with E-state index in [1.165, 1.54) is 16.7 Å². The van der Waals surface area contributed by atoms with Crippen molar-refractivity contribution in [3.05, 3.63) is 48.0 Å². The van der Waals surface area contributed by atoms with Crippen molar-refractivity contribution in [2.24, 2.45) is 0 Å². The minimum atomic E-state index is 1.02. The molecule has 0 aromatic carbocycles. The Kier molecular flexibility index (Phi) is 2.77. The van der Waals surface area contributed by atoms with E-state index in [0.717, 1.165) is 12.0 Å². The van der Waals surface area contributed by atoms with Crippen LogP contribution in [0.3, 0.4) is 0 Å². The van der Waals surface area contributed by atoms with Gasteiger partial charge in [-0.15, -0.1) is 0 Å². The third kappa shape index (κ3) is 1.89. The van der Waals surface area contributed by atoms with E-state index in [1.807, 2.05) is 24.7 Å². The highest BCUT2D eigenvalue weighted by atomic mass is 14.6. The first-order valence-corrected chi connectivity index (χ1v) is 5.16. The molecule has 0 spiro atoms. The Morgan fingerprint density at radius 3 is 2.67 bits per heavy atom. The van der Waals surface area contributed by atoms with Gasteiger partial charge in [0.25, 0.3) is 0 Å². The zero-order valence-corrected chi connectivity index (χ0v) is 9.07. The van der Waals surface area contributed by atoms with Gasteiger partial charge in [-0.1, -0.05) is 13.0 Å². The lowest BCUT2D eigenvalue weighted by atomic mass is 10.00. The Morgan fingerprint density at radius 1 is 1.13 bits per heavy atom. The average Bonchev–Trinajstić information content (AvgIpc) is 2.30. The maximum Gasteiger partial charge on any atom is 0.0349 e. The van der Waals surface area contributed by atoms with E-state index in [-0.39, 0.29) is 0 Å². The second-order valence-electron chi connectivity index (χ2n) is 3.57. The standard InChI is InChI=1S/C13H14N2/c1-3-11-7-15-9-13(10(11)2)12-5-4-6-14-8-12/h4-9H,3H2,1-2H3. The molecule has 0 aliphatic carbocycles. The van der Waals surface area contributed by atoms with Crippen molar-refractivity contribution in [2.75, 3.05) is 0 Å². The SMILES string of the molecule is CCc1cncc(-c2cccnc2)c1C. The summed E-state index contributed by atoms with van der Waals surface area (Å²) in [6, 6.07) is 4.02. The van der Waals surface area contributed by atoms with Gasteiger partial charge in [0.05, 0.1) is 0 Å². The monoisotopic (exact) mass is 198 g/mol. The van der Waals surface area contributed by atoms with Crippen LogP contribution in [-0.4, -0.2) is 9.97 Å². The van der Waals surface area contributed by atoms with Gasteiger partial charge >= 0.3 is 0 Å². The molecule has 0 aliphatic rings. The molecule has 0 amide bonds. The fourth-order valence-electron chi connectivity index (χ4n) is 1.74. The van der Waals surface area contributed by atoms with Gasteiger partial charge in [-0.05, 0) is 30.5 Å². The molecule has 0 saturated carbocycles. The number of aryl methyl sites for hydroxylation is 1. The van der Waals surface area contributed by atoms with Crippen molar-refractivity contribution in [2.45, 2.75) is 20.3 Å². The van der Waals surface area contributed by atoms with Gasteiger partial charge in [-0.2, -0.15) is 0 Å². The summed E-state index contributed by atoms with van der Waals surface area (Å²) in [6.07, 6.45) is 8.53. The maximum atomic E-state index is 4.26. The smallest absolute Gasteiger partial charge is 0.0349 e. The Balaban J connectivity index is 2.54. The van der Waals surface area contributed by atoms with Crippen LogP contribution in [0.1, 0.15) is 18.1 Å². The highest BCUT2D eigenvalue weighted by molar-refractivity contribution is 5.66. The summed E-state index contributed by atoms with van der Waals surface area (Å²) in [7, 11) is 0. The van der Waals surface area contributed by atoms with Crippen LogP contribution < -0.4 is 0 Å². The van der Waals surface area contributed by atoms with Crippen LogP contribution in [0.5, 0.6) is 0 Å². The highest BCUT2D eigenvalue weighted by Gasteiger charge is 2.05. The fourth-order valence-corrected chi connectivity index (χ4v) is 1.74. The molecular weight excluding hydrogens is 184 g/mol. The van der Waals surface area contributed by atoms with Crippen molar-refractivity contribution in [1.82, 2.24) is 9.97 Å². The van der Waals surface area contributed by atoms with Gasteiger partial charge in [0.1, 0.15) is 0 Å². The largest absolute Gasteiger partial charge is 0.264 e.